The van der Waals surface area contributed by atoms with Crippen molar-refractivity contribution in [1.82, 2.24) is 5.32 Å². The zero-order valence-corrected chi connectivity index (χ0v) is 14.2. The van der Waals surface area contributed by atoms with Gasteiger partial charge in [0.1, 0.15) is 5.82 Å². The molecule has 2 nitrogen and oxygen atoms in total. The molecule has 2 aromatic carbocycles. The summed E-state index contributed by atoms with van der Waals surface area (Å²) in [4.78, 5) is 12.1. The molecular formula is C15H12BrFINO. The molecule has 0 unspecified atom stereocenters. The predicted molar refractivity (Wildman–Crippen MR) is 89.3 cm³/mol. The Hall–Kier alpha value is -0.950. The first kappa shape index (κ1) is 15.4. The van der Waals surface area contributed by atoms with E-state index in [2.05, 4.69) is 43.8 Å². The van der Waals surface area contributed by atoms with Crippen molar-refractivity contribution in [2.24, 2.45) is 0 Å². The Labute approximate surface area is 139 Å². The second kappa shape index (κ2) is 7.17. The number of carbonyl (C=O) groups is 1. The van der Waals surface area contributed by atoms with Crippen molar-refractivity contribution >= 4 is 44.4 Å². The fourth-order valence-electron chi connectivity index (χ4n) is 1.74. The van der Waals surface area contributed by atoms with Crippen LogP contribution < -0.4 is 5.32 Å². The van der Waals surface area contributed by atoms with E-state index in [1.165, 1.54) is 12.1 Å². The molecule has 0 saturated carbocycles. The maximum Gasteiger partial charge on any atom is 0.252 e. The fraction of sp³-hybridized carbons (Fsp3) is 0.133. The van der Waals surface area contributed by atoms with Gasteiger partial charge in [0.25, 0.3) is 5.91 Å². The van der Waals surface area contributed by atoms with Gasteiger partial charge in [-0.15, -0.1) is 0 Å². The molecule has 0 aliphatic heterocycles. The summed E-state index contributed by atoms with van der Waals surface area (Å²) < 4.78 is 14.5. The van der Waals surface area contributed by atoms with Gasteiger partial charge < -0.3 is 5.32 Å². The molecule has 2 aromatic rings. The standard InChI is InChI=1S/C15H12BrFINO/c16-11-3-6-14(18)13(9-11)15(20)19-8-7-10-1-4-12(17)5-2-10/h1-6,9H,7-8H2,(H,19,20). The van der Waals surface area contributed by atoms with Gasteiger partial charge in [0, 0.05) is 14.6 Å². The molecule has 5 heteroatoms. The van der Waals surface area contributed by atoms with Gasteiger partial charge in [-0.05, 0) is 64.9 Å². The van der Waals surface area contributed by atoms with E-state index in [9.17, 15) is 9.18 Å². The number of hydrogen-bond acceptors (Lipinski definition) is 1. The van der Waals surface area contributed by atoms with E-state index in [1.54, 1.807) is 18.2 Å². The van der Waals surface area contributed by atoms with E-state index in [1.807, 2.05) is 12.1 Å². The van der Waals surface area contributed by atoms with Crippen molar-refractivity contribution in [1.29, 1.82) is 0 Å². The van der Waals surface area contributed by atoms with Crippen LogP contribution in [0.4, 0.5) is 4.39 Å². The van der Waals surface area contributed by atoms with Gasteiger partial charge in [0.15, 0.2) is 0 Å². The summed E-state index contributed by atoms with van der Waals surface area (Å²) in [6.45, 7) is 0.521. The van der Waals surface area contributed by atoms with Crippen molar-refractivity contribution in [3.8, 4) is 0 Å². The highest BCUT2D eigenvalue weighted by Crippen LogP contribution is 2.18. The van der Waals surface area contributed by atoms with Gasteiger partial charge in [-0.3, -0.25) is 4.79 Å². The lowest BCUT2D eigenvalue weighted by Crippen LogP contribution is -2.26. The SMILES string of the molecule is O=C(NCCc1ccc(F)cc1)c1cc(Br)ccc1I. The van der Waals surface area contributed by atoms with Crippen molar-refractivity contribution in [2.75, 3.05) is 6.54 Å². The van der Waals surface area contributed by atoms with Crippen LogP contribution in [0.15, 0.2) is 46.9 Å². The highest BCUT2D eigenvalue weighted by atomic mass is 127. The van der Waals surface area contributed by atoms with Crippen LogP contribution in [0.3, 0.4) is 0 Å². The molecule has 0 radical (unpaired) electrons. The monoisotopic (exact) mass is 447 g/mol. The van der Waals surface area contributed by atoms with Crippen LogP contribution in [-0.2, 0) is 6.42 Å². The minimum absolute atomic E-state index is 0.0992. The smallest absolute Gasteiger partial charge is 0.252 e. The number of carbonyl (C=O) groups excluding carboxylic acids is 1. The first-order valence-corrected chi connectivity index (χ1v) is 7.91. The molecule has 20 heavy (non-hydrogen) atoms. The van der Waals surface area contributed by atoms with Gasteiger partial charge in [0.05, 0.1) is 5.56 Å². The topological polar surface area (TPSA) is 29.1 Å². The van der Waals surface area contributed by atoms with Gasteiger partial charge >= 0.3 is 0 Å². The molecular weight excluding hydrogens is 436 g/mol. The van der Waals surface area contributed by atoms with Crippen LogP contribution in [0.5, 0.6) is 0 Å². The molecule has 0 bridgehead atoms. The van der Waals surface area contributed by atoms with Gasteiger partial charge in [-0.1, -0.05) is 28.1 Å². The largest absolute Gasteiger partial charge is 0.352 e. The summed E-state index contributed by atoms with van der Waals surface area (Å²) in [6.07, 6.45) is 0.677. The molecule has 0 fully saturated rings. The Morgan fingerprint density at radius 3 is 2.60 bits per heavy atom. The third-order valence-electron chi connectivity index (χ3n) is 2.79. The second-order valence-corrected chi connectivity index (χ2v) is 6.33. The maximum absolute atomic E-state index is 12.8. The first-order valence-electron chi connectivity index (χ1n) is 6.04. The molecule has 1 N–H and O–H groups in total. The Morgan fingerprint density at radius 1 is 1.20 bits per heavy atom. The van der Waals surface area contributed by atoms with E-state index in [-0.39, 0.29) is 11.7 Å². The molecule has 104 valence electrons. The fourth-order valence-corrected chi connectivity index (χ4v) is 2.68. The third-order valence-corrected chi connectivity index (χ3v) is 4.22. The number of benzene rings is 2. The highest BCUT2D eigenvalue weighted by molar-refractivity contribution is 14.1. The number of hydrogen-bond donors (Lipinski definition) is 1. The average Bonchev–Trinajstić information content (AvgIpc) is 2.43. The van der Waals surface area contributed by atoms with Crippen LogP contribution in [0.25, 0.3) is 0 Å². The number of nitrogens with one attached hydrogen (secondary N) is 1. The first-order chi connectivity index (χ1) is 9.56. The quantitative estimate of drug-likeness (QED) is 0.700. The number of halogens is 3. The Kier molecular flexibility index (Phi) is 5.54. The highest BCUT2D eigenvalue weighted by Gasteiger charge is 2.09. The number of amides is 1. The van der Waals surface area contributed by atoms with E-state index < -0.39 is 0 Å². The molecule has 0 heterocycles. The molecule has 0 saturated heterocycles. The summed E-state index contributed by atoms with van der Waals surface area (Å²) in [5.41, 5.74) is 1.65. The molecule has 0 aliphatic carbocycles. The van der Waals surface area contributed by atoms with Gasteiger partial charge in [0.2, 0.25) is 0 Å². The predicted octanol–water partition coefficient (Wildman–Crippen LogP) is 4.17. The molecule has 0 aliphatic rings. The number of rotatable bonds is 4. The molecule has 1 amide bonds. The lowest BCUT2D eigenvalue weighted by atomic mass is 10.1. The van der Waals surface area contributed by atoms with E-state index in [0.717, 1.165) is 13.6 Å². The molecule has 0 atom stereocenters. The zero-order valence-electron chi connectivity index (χ0n) is 10.5. The van der Waals surface area contributed by atoms with E-state index in [0.29, 0.717) is 18.5 Å². The minimum Gasteiger partial charge on any atom is -0.352 e. The van der Waals surface area contributed by atoms with Gasteiger partial charge in [-0.25, -0.2) is 4.39 Å². The zero-order chi connectivity index (χ0) is 14.5. The van der Waals surface area contributed by atoms with Gasteiger partial charge in [-0.2, -0.15) is 0 Å². The molecule has 0 aromatic heterocycles. The summed E-state index contributed by atoms with van der Waals surface area (Å²) in [5, 5.41) is 2.87. The lowest BCUT2D eigenvalue weighted by Gasteiger charge is -2.07. The second-order valence-electron chi connectivity index (χ2n) is 4.26. The lowest BCUT2D eigenvalue weighted by molar-refractivity contribution is 0.0953. The van der Waals surface area contributed by atoms with Crippen molar-refractivity contribution in [3.05, 3.63) is 67.5 Å². The normalized spacial score (nSPS) is 10.3. The minimum atomic E-state index is -0.249. The maximum atomic E-state index is 12.8. The van der Waals surface area contributed by atoms with Crippen molar-refractivity contribution < 1.29 is 9.18 Å². The Balaban J connectivity index is 1.92. The van der Waals surface area contributed by atoms with Crippen LogP contribution >= 0.6 is 38.5 Å². The van der Waals surface area contributed by atoms with Crippen LogP contribution in [0, 0.1) is 9.39 Å². The summed E-state index contributed by atoms with van der Waals surface area (Å²) in [6, 6.07) is 11.9. The third kappa shape index (κ3) is 4.28. The van der Waals surface area contributed by atoms with Crippen LogP contribution in [0.1, 0.15) is 15.9 Å². The molecule has 0 spiro atoms. The average molecular weight is 448 g/mol. The summed E-state index contributed by atoms with van der Waals surface area (Å²) in [5.74, 6) is -0.348. The van der Waals surface area contributed by atoms with Crippen molar-refractivity contribution in [3.63, 3.8) is 0 Å². The van der Waals surface area contributed by atoms with Crippen molar-refractivity contribution in [2.45, 2.75) is 6.42 Å². The van der Waals surface area contributed by atoms with Crippen LogP contribution in [-0.4, -0.2) is 12.5 Å². The van der Waals surface area contributed by atoms with Crippen LogP contribution in [0.2, 0.25) is 0 Å². The summed E-state index contributed by atoms with van der Waals surface area (Å²) in [7, 11) is 0. The van der Waals surface area contributed by atoms with E-state index >= 15 is 0 Å². The summed E-state index contributed by atoms with van der Waals surface area (Å²) >= 11 is 5.49. The Morgan fingerprint density at radius 2 is 1.90 bits per heavy atom. The molecule has 2 rings (SSSR count). The Bertz CT molecular complexity index is 616. The van der Waals surface area contributed by atoms with E-state index in [4.69, 9.17) is 0 Å².